The van der Waals surface area contributed by atoms with E-state index in [1.807, 2.05) is 0 Å². The summed E-state index contributed by atoms with van der Waals surface area (Å²) in [6.07, 6.45) is 2.99. The summed E-state index contributed by atoms with van der Waals surface area (Å²) in [7, 11) is 12.4. The summed E-state index contributed by atoms with van der Waals surface area (Å²) in [5.74, 6) is 0.111. The molecule has 0 bridgehead atoms. The number of benzene rings is 1. The number of H-pyrrole nitrogens is 1. The van der Waals surface area contributed by atoms with Crippen LogP contribution in [0.2, 0.25) is 0 Å². The van der Waals surface area contributed by atoms with E-state index in [1.54, 1.807) is 6.07 Å². The van der Waals surface area contributed by atoms with Crippen molar-refractivity contribution in [2.75, 3.05) is 6.86 Å². The zero-order valence-corrected chi connectivity index (χ0v) is 13.4. The van der Waals surface area contributed by atoms with Crippen LogP contribution in [-0.2, 0) is 5.21 Å². The molecule has 0 atom stereocenters. The van der Waals surface area contributed by atoms with Gasteiger partial charge < -0.3 is 4.74 Å². The number of nitrogens with one attached hydrogen (secondary N) is 1. The third-order valence-electron chi connectivity index (χ3n) is 3.80. The molecule has 3 rings (SSSR count). The number of halogens is 1. The van der Waals surface area contributed by atoms with Gasteiger partial charge in [0.25, 0.3) is 5.69 Å². The number of nitrogens with zero attached hydrogens (tertiary/aromatic N) is 3. The molecule has 1 aromatic carbocycles. The smallest absolute Gasteiger partial charge is 0.270 e. The highest BCUT2D eigenvalue weighted by atomic mass is 19.1. The lowest BCUT2D eigenvalue weighted by Crippen LogP contribution is -2.29. The number of aromatic nitrogens is 3. The molecule has 126 valence electrons. The van der Waals surface area contributed by atoms with Gasteiger partial charge in [-0.2, -0.15) is 5.10 Å². The molecule has 10 heteroatoms. The molecule has 2 heterocycles. The number of nitro benzene ring substituents is 1. The van der Waals surface area contributed by atoms with Crippen LogP contribution in [0.1, 0.15) is 11.3 Å². The van der Waals surface area contributed by atoms with Crippen LogP contribution in [0.4, 0.5) is 10.1 Å². The molecule has 0 amide bonds. The molecule has 0 spiro atoms. The fourth-order valence-corrected chi connectivity index (χ4v) is 2.45. The first-order valence-electron chi connectivity index (χ1n) is 7.45. The van der Waals surface area contributed by atoms with Gasteiger partial charge in [-0.3, -0.25) is 15.2 Å². The summed E-state index contributed by atoms with van der Waals surface area (Å²) in [5, 5.41) is 16.0. The monoisotopic (exact) mass is 348 g/mol. The van der Waals surface area contributed by atoms with E-state index in [9.17, 15) is 14.5 Å². The molecular weight excluding hydrogens is 337 g/mol. The van der Waals surface area contributed by atoms with Gasteiger partial charge >= 0.3 is 0 Å². The number of ether oxygens (including phenoxy) is 1. The number of alkyl halides is 1. The van der Waals surface area contributed by atoms with Crippen molar-refractivity contribution in [1.29, 1.82) is 0 Å². The number of aromatic amines is 1. The number of nitro groups is 1. The van der Waals surface area contributed by atoms with Gasteiger partial charge in [0.15, 0.2) is 0 Å². The minimum absolute atomic E-state index is 0.111. The first-order chi connectivity index (χ1) is 12.4. The minimum Gasteiger partial charge on any atom is -0.461 e. The van der Waals surface area contributed by atoms with Gasteiger partial charge in [0.2, 0.25) is 6.86 Å². The number of hydrogen-bond acceptors (Lipinski definition) is 5. The molecule has 0 saturated carbocycles. The fourth-order valence-electron chi connectivity index (χ4n) is 2.45. The van der Waals surface area contributed by atoms with E-state index in [0.717, 1.165) is 0 Å². The first-order valence-corrected chi connectivity index (χ1v) is 7.45. The summed E-state index contributed by atoms with van der Waals surface area (Å²) in [6, 6.07) is 8.70. The van der Waals surface area contributed by atoms with Crippen LogP contribution in [0, 0.1) is 10.1 Å². The summed E-state index contributed by atoms with van der Waals surface area (Å²) in [5.41, 5.74) is 1.16. The first kappa shape index (κ1) is 17.7. The van der Waals surface area contributed by atoms with Crippen molar-refractivity contribution >= 4 is 21.4 Å². The Hall–Kier alpha value is -3.16. The lowest BCUT2D eigenvalue weighted by molar-refractivity contribution is -0.384. The van der Waals surface area contributed by atoms with E-state index in [1.165, 1.54) is 42.7 Å². The third kappa shape index (κ3) is 3.30. The Bertz CT molecular complexity index is 935. The highest BCUT2D eigenvalue weighted by molar-refractivity contribution is 6.42. The van der Waals surface area contributed by atoms with Crippen molar-refractivity contribution in [1.82, 2.24) is 15.2 Å². The molecule has 0 unspecified atom stereocenters. The molecule has 0 aliphatic rings. The van der Waals surface area contributed by atoms with E-state index >= 15 is 0 Å². The van der Waals surface area contributed by atoms with Gasteiger partial charge in [-0.1, -0.05) is 12.1 Å². The molecule has 0 aliphatic carbocycles. The van der Waals surface area contributed by atoms with E-state index in [4.69, 9.17) is 20.4 Å². The quantitative estimate of drug-likeness (QED) is 0.419. The van der Waals surface area contributed by atoms with Crippen molar-refractivity contribution in [3.63, 3.8) is 0 Å². The van der Waals surface area contributed by atoms with Crippen molar-refractivity contribution in [2.24, 2.45) is 0 Å². The van der Waals surface area contributed by atoms with E-state index in [2.05, 4.69) is 15.2 Å². The highest BCUT2D eigenvalue weighted by Crippen LogP contribution is 2.33. The predicted octanol–water partition coefficient (Wildman–Crippen LogP) is 2.22. The largest absolute Gasteiger partial charge is 0.461 e. The minimum atomic E-state index is -1.48. The normalized spacial score (nSPS) is 11.3. The van der Waals surface area contributed by atoms with Gasteiger partial charge in [0.1, 0.15) is 11.4 Å². The Morgan fingerprint density at radius 3 is 2.77 bits per heavy atom. The Morgan fingerprint density at radius 1 is 1.31 bits per heavy atom. The third-order valence-corrected chi connectivity index (χ3v) is 3.80. The molecule has 26 heavy (non-hydrogen) atoms. The average molecular weight is 348 g/mol. The fraction of sp³-hybridized carbons (Fsp3) is 0.125. The van der Waals surface area contributed by atoms with Crippen LogP contribution in [0.5, 0.6) is 5.75 Å². The summed E-state index contributed by atoms with van der Waals surface area (Å²) < 4.78 is 17.7. The SMILES string of the molecule is [B]C([B])(c1cn[nH]c1)c1ccc(OCF)c(-c2cccc([N+](=O)[O-])c2)n1. The van der Waals surface area contributed by atoms with Gasteiger partial charge in [-0.05, 0) is 22.9 Å². The van der Waals surface area contributed by atoms with Crippen molar-refractivity contribution < 1.29 is 14.1 Å². The van der Waals surface area contributed by atoms with Crippen LogP contribution in [0.3, 0.4) is 0 Å². The lowest BCUT2D eigenvalue weighted by Gasteiger charge is -2.25. The van der Waals surface area contributed by atoms with Crippen LogP contribution in [-0.4, -0.2) is 42.7 Å². The highest BCUT2D eigenvalue weighted by Gasteiger charge is 2.26. The van der Waals surface area contributed by atoms with Crippen LogP contribution in [0.15, 0.2) is 48.8 Å². The summed E-state index contributed by atoms with van der Waals surface area (Å²) in [4.78, 5) is 14.9. The molecule has 0 aliphatic heterocycles. The second kappa shape index (κ2) is 6.99. The second-order valence-corrected chi connectivity index (χ2v) is 5.46. The Balaban J connectivity index is 2.14. The van der Waals surface area contributed by atoms with Gasteiger partial charge in [0, 0.05) is 29.6 Å². The summed E-state index contributed by atoms with van der Waals surface area (Å²) >= 11 is 0. The Kier molecular flexibility index (Phi) is 4.75. The summed E-state index contributed by atoms with van der Waals surface area (Å²) in [6.45, 7) is -1.08. The van der Waals surface area contributed by atoms with Gasteiger partial charge in [-0.25, -0.2) is 9.37 Å². The maximum absolute atomic E-state index is 12.7. The topological polar surface area (TPSA) is 93.9 Å². The zero-order chi connectivity index (χ0) is 18.7. The molecule has 1 N–H and O–H groups in total. The molecule has 0 fully saturated rings. The molecule has 0 saturated heterocycles. The maximum Gasteiger partial charge on any atom is 0.270 e. The second-order valence-electron chi connectivity index (χ2n) is 5.46. The van der Waals surface area contributed by atoms with Crippen molar-refractivity contribution in [2.45, 2.75) is 5.21 Å². The predicted molar refractivity (Wildman–Crippen MR) is 93.8 cm³/mol. The molecule has 3 aromatic rings. The van der Waals surface area contributed by atoms with Gasteiger partial charge in [0.05, 0.1) is 26.8 Å². The van der Waals surface area contributed by atoms with Crippen molar-refractivity contribution in [3.8, 4) is 17.0 Å². The Morgan fingerprint density at radius 2 is 2.12 bits per heavy atom. The molecule has 4 radical (unpaired) electrons. The maximum atomic E-state index is 12.7. The number of non-ortho nitro benzene ring substituents is 1. The van der Waals surface area contributed by atoms with E-state index in [0.29, 0.717) is 11.1 Å². The molecular formula is C16H11B2FN4O3. The van der Waals surface area contributed by atoms with Gasteiger partial charge in [-0.15, -0.1) is 0 Å². The van der Waals surface area contributed by atoms with Crippen LogP contribution >= 0.6 is 0 Å². The average Bonchev–Trinajstić information content (AvgIpc) is 3.18. The van der Waals surface area contributed by atoms with Crippen molar-refractivity contribution in [3.05, 3.63) is 70.2 Å². The van der Waals surface area contributed by atoms with E-state index < -0.39 is 17.0 Å². The van der Waals surface area contributed by atoms with E-state index in [-0.39, 0.29) is 22.8 Å². The number of pyridine rings is 1. The molecule has 2 aromatic heterocycles. The van der Waals surface area contributed by atoms with Crippen LogP contribution in [0.25, 0.3) is 11.3 Å². The Labute approximate surface area is 150 Å². The zero-order valence-electron chi connectivity index (χ0n) is 13.4. The number of rotatable bonds is 6. The lowest BCUT2D eigenvalue weighted by atomic mass is 9.50. The van der Waals surface area contributed by atoms with Crippen LogP contribution < -0.4 is 4.74 Å². The number of hydrogen-bond donors (Lipinski definition) is 1. The molecule has 7 nitrogen and oxygen atoms in total. The standard InChI is InChI=1S/C16H11B2FN4O3/c17-16(18,11-7-20-21-8-11)14-5-4-13(26-9-19)15(22-14)10-2-1-3-12(6-10)23(24)25/h1-8H,9H2,(H,20,21).